The fourth-order valence-electron chi connectivity index (χ4n) is 2.31. The molecule has 96 valence electrons. The summed E-state index contributed by atoms with van der Waals surface area (Å²) >= 11 is 1.92. The van der Waals surface area contributed by atoms with Gasteiger partial charge in [0.1, 0.15) is 0 Å². The van der Waals surface area contributed by atoms with E-state index in [1.165, 1.54) is 12.8 Å². The number of aryl methyl sites for hydroxylation is 1. The zero-order valence-electron chi connectivity index (χ0n) is 10.6. The summed E-state index contributed by atoms with van der Waals surface area (Å²) in [4.78, 5) is 2.44. The lowest BCUT2D eigenvalue weighted by molar-refractivity contribution is 0.193. The van der Waals surface area contributed by atoms with Crippen LogP contribution in [0.25, 0.3) is 0 Å². The summed E-state index contributed by atoms with van der Waals surface area (Å²) < 4.78 is 2.06. The second-order valence-corrected chi connectivity index (χ2v) is 6.03. The van der Waals surface area contributed by atoms with Crippen molar-refractivity contribution in [3.8, 4) is 0 Å². The minimum atomic E-state index is 0.304. The molecule has 0 aromatic carbocycles. The molecular formula is C11H21N5S. The molecule has 1 aliphatic heterocycles. The first kappa shape index (κ1) is 12.9. The van der Waals surface area contributed by atoms with E-state index in [1.807, 2.05) is 25.0 Å². The molecule has 1 saturated heterocycles. The van der Waals surface area contributed by atoms with Crippen LogP contribution in [0.1, 0.15) is 18.5 Å². The summed E-state index contributed by atoms with van der Waals surface area (Å²) in [5, 5.41) is 8.09. The largest absolute Gasteiger partial charge is 0.329 e. The van der Waals surface area contributed by atoms with Crippen LogP contribution in [-0.2, 0) is 13.6 Å². The van der Waals surface area contributed by atoms with E-state index in [0.717, 1.165) is 31.9 Å². The highest BCUT2D eigenvalue weighted by Crippen LogP contribution is 2.33. The fourth-order valence-corrected chi connectivity index (χ4v) is 3.06. The molecule has 0 spiro atoms. The van der Waals surface area contributed by atoms with Gasteiger partial charge in [-0.1, -0.05) is 5.21 Å². The number of piperidine rings is 1. The molecular weight excluding hydrogens is 234 g/mol. The van der Waals surface area contributed by atoms with E-state index in [4.69, 9.17) is 5.73 Å². The van der Waals surface area contributed by atoms with Gasteiger partial charge in [-0.15, -0.1) is 5.10 Å². The van der Waals surface area contributed by atoms with Gasteiger partial charge in [-0.25, -0.2) is 0 Å². The molecule has 0 unspecified atom stereocenters. The van der Waals surface area contributed by atoms with E-state index >= 15 is 0 Å². The molecule has 0 atom stereocenters. The second-order valence-electron chi connectivity index (χ2n) is 4.75. The summed E-state index contributed by atoms with van der Waals surface area (Å²) in [6, 6.07) is 0. The molecule has 2 N–H and O–H groups in total. The lowest BCUT2D eigenvalue weighted by Crippen LogP contribution is -2.46. The van der Waals surface area contributed by atoms with Crippen molar-refractivity contribution < 1.29 is 0 Å². The minimum Gasteiger partial charge on any atom is -0.329 e. The first-order chi connectivity index (χ1) is 8.17. The van der Waals surface area contributed by atoms with Crippen molar-refractivity contribution in [1.29, 1.82) is 0 Å². The van der Waals surface area contributed by atoms with Gasteiger partial charge in [-0.2, -0.15) is 11.8 Å². The number of thioether (sulfide) groups is 1. The Morgan fingerprint density at radius 1 is 1.47 bits per heavy atom. The molecule has 0 saturated carbocycles. The maximum atomic E-state index is 5.89. The Labute approximate surface area is 107 Å². The Hall–Kier alpha value is -0.590. The predicted molar refractivity (Wildman–Crippen MR) is 70.8 cm³/mol. The summed E-state index contributed by atoms with van der Waals surface area (Å²) in [6.45, 7) is 3.90. The third-order valence-electron chi connectivity index (χ3n) is 3.61. The van der Waals surface area contributed by atoms with Crippen LogP contribution in [0.3, 0.4) is 0 Å². The van der Waals surface area contributed by atoms with Gasteiger partial charge in [-0.05, 0) is 32.2 Å². The molecule has 1 fully saturated rings. The number of hydrogen-bond acceptors (Lipinski definition) is 5. The predicted octanol–water partition coefficient (Wildman–Crippen LogP) is 0.471. The molecule has 1 aliphatic rings. The summed E-state index contributed by atoms with van der Waals surface area (Å²) in [7, 11) is 1.90. The van der Waals surface area contributed by atoms with Gasteiger partial charge in [0.25, 0.3) is 0 Å². The Kier molecular flexibility index (Phi) is 4.06. The van der Waals surface area contributed by atoms with E-state index in [9.17, 15) is 0 Å². The van der Waals surface area contributed by atoms with Gasteiger partial charge in [0.05, 0.1) is 5.69 Å². The normalized spacial score (nSPS) is 20.6. The SMILES string of the molecule is CSC1(CN)CCN(Cc2cn(C)nn2)CC1. The molecule has 0 amide bonds. The molecule has 5 nitrogen and oxygen atoms in total. The Balaban J connectivity index is 1.87. The van der Waals surface area contributed by atoms with Gasteiger partial charge in [0.2, 0.25) is 0 Å². The van der Waals surface area contributed by atoms with E-state index in [-0.39, 0.29) is 0 Å². The third kappa shape index (κ3) is 3.00. The highest BCUT2D eigenvalue weighted by atomic mass is 32.2. The van der Waals surface area contributed by atoms with E-state index in [2.05, 4.69) is 21.5 Å². The van der Waals surface area contributed by atoms with Crippen molar-refractivity contribution >= 4 is 11.8 Å². The van der Waals surface area contributed by atoms with Crippen LogP contribution in [0, 0.1) is 0 Å². The summed E-state index contributed by atoms with van der Waals surface area (Å²) in [5.41, 5.74) is 6.94. The summed E-state index contributed by atoms with van der Waals surface area (Å²) in [6.07, 6.45) is 6.50. The van der Waals surface area contributed by atoms with Crippen LogP contribution in [0.5, 0.6) is 0 Å². The van der Waals surface area contributed by atoms with Crippen molar-refractivity contribution in [3.05, 3.63) is 11.9 Å². The maximum Gasteiger partial charge on any atom is 0.0966 e. The number of nitrogens with two attached hydrogens (primary N) is 1. The number of aromatic nitrogens is 3. The van der Waals surface area contributed by atoms with Gasteiger partial charge >= 0.3 is 0 Å². The third-order valence-corrected chi connectivity index (χ3v) is 5.05. The van der Waals surface area contributed by atoms with Crippen molar-refractivity contribution in [1.82, 2.24) is 19.9 Å². The topological polar surface area (TPSA) is 60.0 Å². The molecule has 2 rings (SSSR count). The number of nitrogens with zero attached hydrogens (tertiary/aromatic N) is 4. The highest BCUT2D eigenvalue weighted by molar-refractivity contribution is 8.00. The average molecular weight is 255 g/mol. The maximum absolute atomic E-state index is 5.89. The standard InChI is InChI=1S/C11H21N5S/c1-15-7-10(13-14-15)8-16-5-3-11(9-12,17-2)4-6-16/h7H,3-6,8-9,12H2,1-2H3. The average Bonchev–Trinajstić information content (AvgIpc) is 2.76. The van der Waals surface area contributed by atoms with Gasteiger partial charge in [0, 0.05) is 31.1 Å². The smallest absolute Gasteiger partial charge is 0.0966 e. The zero-order chi connectivity index (χ0) is 12.3. The fraction of sp³-hybridized carbons (Fsp3) is 0.818. The van der Waals surface area contributed by atoms with Gasteiger partial charge < -0.3 is 5.73 Å². The summed E-state index contributed by atoms with van der Waals surface area (Å²) in [5.74, 6) is 0. The molecule has 6 heteroatoms. The Morgan fingerprint density at radius 2 is 2.18 bits per heavy atom. The zero-order valence-corrected chi connectivity index (χ0v) is 11.4. The van der Waals surface area contributed by atoms with Crippen molar-refractivity contribution in [2.24, 2.45) is 12.8 Å². The van der Waals surface area contributed by atoms with Crippen LogP contribution in [-0.4, -0.2) is 50.5 Å². The first-order valence-corrected chi connectivity index (χ1v) is 7.23. The molecule has 0 aliphatic carbocycles. The Bertz CT molecular complexity index is 350. The van der Waals surface area contributed by atoms with Gasteiger partial charge in [0.15, 0.2) is 0 Å². The molecule has 0 radical (unpaired) electrons. The molecule has 1 aromatic rings. The van der Waals surface area contributed by atoms with Crippen LogP contribution in [0.4, 0.5) is 0 Å². The van der Waals surface area contributed by atoms with Crippen molar-refractivity contribution in [2.75, 3.05) is 25.9 Å². The molecule has 1 aromatic heterocycles. The number of hydrogen-bond donors (Lipinski definition) is 1. The number of rotatable bonds is 4. The van der Waals surface area contributed by atoms with Crippen molar-refractivity contribution in [2.45, 2.75) is 24.1 Å². The lowest BCUT2D eigenvalue weighted by Gasteiger charge is -2.39. The first-order valence-electron chi connectivity index (χ1n) is 6.00. The molecule has 2 heterocycles. The van der Waals surface area contributed by atoms with Crippen LogP contribution in [0.2, 0.25) is 0 Å². The van der Waals surface area contributed by atoms with Crippen molar-refractivity contribution in [3.63, 3.8) is 0 Å². The monoisotopic (exact) mass is 255 g/mol. The number of likely N-dealkylation sites (tertiary alicyclic amines) is 1. The Morgan fingerprint density at radius 3 is 2.65 bits per heavy atom. The second kappa shape index (κ2) is 5.37. The molecule has 17 heavy (non-hydrogen) atoms. The van der Waals surface area contributed by atoms with Crippen LogP contribution >= 0.6 is 11.8 Å². The van der Waals surface area contributed by atoms with Crippen LogP contribution < -0.4 is 5.73 Å². The lowest BCUT2D eigenvalue weighted by atomic mass is 9.96. The van der Waals surface area contributed by atoms with E-state index < -0.39 is 0 Å². The quantitative estimate of drug-likeness (QED) is 0.847. The van der Waals surface area contributed by atoms with E-state index in [0.29, 0.717) is 4.75 Å². The van der Waals surface area contributed by atoms with Gasteiger partial charge in [-0.3, -0.25) is 9.58 Å². The molecule has 0 bridgehead atoms. The van der Waals surface area contributed by atoms with E-state index in [1.54, 1.807) is 4.68 Å². The van der Waals surface area contributed by atoms with Crippen LogP contribution in [0.15, 0.2) is 6.20 Å². The minimum absolute atomic E-state index is 0.304. The highest BCUT2D eigenvalue weighted by Gasteiger charge is 2.32.